The van der Waals surface area contributed by atoms with Gasteiger partial charge in [-0.05, 0) is 25.7 Å². The van der Waals surface area contributed by atoms with Crippen LogP contribution in [-0.2, 0) is 16.3 Å². The molecule has 2 heterocycles. The highest BCUT2D eigenvalue weighted by Gasteiger charge is 2.26. The largest absolute Gasteiger partial charge is 0.338 e. The van der Waals surface area contributed by atoms with Crippen molar-refractivity contribution >= 4 is 9.84 Å². The molecule has 7 heteroatoms. The molecule has 2 N–H and O–H groups in total. The van der Waals surface area contributed by atoms with Gasteiger partial charge in [-0.25, -0.2) is 8.42 Å². The summed E-state index contributed by atoms with van der Waals surface area (Å²) in [7, 11) is -2.87. The van der Waals surface area contributed by atoms with Gasteiger partial charge in [0.25, 0.3) is 0 Å². The van der Waals surface area contributed by atoms with Crippen LogP contribution in [0, 0.1) is 5.92 Å². The topological polar surface area (TPSA) is 99.1 Å². The van der Waals surface area contributed by atoms with Gasteiger partial charge in [-0.15, -0.1) is 0 Å². The van der Waals surface area contributed by atoms with Crippen LogP contribution in [-0.4, -0.2) is 30.1 Å². The zero-order valence-electron chi connectivity index (χ0n) is 9.80. The van der Waals surface area contributed by atoms with E-state index in [1.807, 2.05) is 0 Å². The van der Waals surface area contributed by atoms with Crippen LogP contribution in [0.15, 0.2) is 4.52 Å². The highest BCUT2D eigenvalue weighted by molar-refractivity contribution is 7.91. The Hall–Kier alpha value is -0.950. The Morgan fingerprint density at radius 2 is 2.35 bits per heavy atom. The van der Waals surface area contributed by atoms with Gasteiger partial charge < -0.3 is 10.3 Å². The van der Waals surface area contributed by atoms with Gasteiger partial charge in [-0.2, -0.15) is 4.98 Å². The summed E-state index contributed by atoms with van der Waals surface area (Å²) in [6, 6.07) is -0.286. The number of sulfone groups is 1. The van der Waals surface area contributed by atoms with Gasteiger partial charge in [-0.3, -0.25) is 0 Å². The first-order valence-corrected chi connectivity index (χ1v) is 7.57. The smallest absolute Gasteiger partial charge is 0.243 e. The molecule has 2 rings (SSSR count). The van der Waals surface area contributed by atoms with E-state index in [9.17, 15) is 8.42 Å². The fourth-order valence-corrected chi connectivity index (χ4v) is 3.85. The molecule has 0 bridgehead atoms. The molecule has 0 radical (unpaired) electrons. The number of aromatic nitrogens is 2. The van der Waals surface area contributed by atoms with E-state index in [4.69, 9.17) is 10.3 Å². The number of hydrogen-bond acceptors (Lipinski definition) is 6. The van der Waals surface area contributed by atoms with Gasteiger partial charge in [0.1, 0.15) is 0 Å². The van der Waals surface area contributed by atoms with E-state index in [-0.39, 0.29) is 17.7 Å². The van der Waals surface area contributed by atoms with Gasteiger partial charge in [0.15, 0.2) is 15.7 Å². The molecule has 2 unspecified atom stereocenters. The van der Waals surface area contributed by atoms with Crippen LogP contribution in [0.3, 0.4) is 0 Å². The van der Waals surface area contributed by atoms with Gasteiger partial charge in [0.05, 0.1) is 17.5 Å². The first-order valence-electron chi connectivity index (χ1n) is 5.75. The number of nitrogens with zero attached hydrogens (tertiary/aromatic N) is 2. The normalized spacial score (nSPS) is 25.6. The van der Waals surface area contributed by atoms with Crippen molar-refractivity contribution in [3.63, 3.8) is 0 Å². The van der Waals surface area contributed by atoms with Crippen molar-refractivity contribution in [2.45, 2.75) is 32.2 Å². The molecule has 0 aromatic carbocycles. The second-order valence-corrected chi connectivity index (χ2v) is 6.89. The van der Waals surface area contributed by atoms with Crippen molar-refractivity contribution in [1.29, 1.82) is 0 Å². The highest BCUT2D eigenvalue weighted by atomic mass is 32.2. The molecule has 1 fully saturated rings. The fraction of sp³-hybridized carbons (Fsp3) is 0.800. The summed E-state index contributed by atoms with van der Waals surface area (Å²) in [5.41, 5.74) is 5.61. The van der Waals surface area contributed by atoms with Crippen LogP contribution in [0.5, 0.6) is 0 Å². The van der Waals surface area contributed by atoms with Crippen molar-refractivity contribution in [1.82, 2.24) is 10.1 Å². The summed E-state index contributed by atoms with van der Waals surface area (Å²) < 4.78 is 27.9. The molecule has 0 spiro atoms. The molecule has 0 aliphatic carbocycles. The second-order valence-electron chi connectivity index (χ2n) is 4.66. The first-order chi connectivity index (χ1) is 7.96. The van der Waals surface area contributed by atoms with Crippen LogP contribution in [0.25, 0.3) is 0 Å². The second kappa shape index (κ2) is 4.73. The number of rotatable bonds is 3. The van der Waals surface area contributed by atoms with Crippen LogP contribution in [0.4, 0.5) is 0 Å². The molecule has 0 saturated carbocycles. The minimum atomic E-state index is -2.87. The van der Waals surface area contributed by atoms with E-state index in [1.54, 1.807) is 6.92 Å². The molecule has 0 amide bonds. The Labute approximate surface area is 100 Å². The fourth-order valence-electron chi connectivity index (χ4n) is 2.07. The Morgan fingerprint density at radius 1 is 1.59 bits per heavy atom. The third-order valence-electron chi connectivity index (χ3n) is 2.90. The average Bonchev–Trinajstić information content (AvgIpc) is 2.64. The van der Waals surface area contributed by atoms with E-state index < -0.39 is 9.84 Å². The summed E-state index contributed by atoms with van der Waals surface area (Å²) in [5.74, 6) is 1.60. The number of hydrogen-bond donors (Lipinski definition) is 1. The molecule has 1 aliphatic heterocycles. The zero-order valence-corrected chi connectivity index (χ0v) is 10.6. The maximum Gasteiger partial charge on any atom is 0.243 e. The van der Waals surface area contributed by atoms with Crippen LogP contribution < -0.4 is 5.73 Å². The third kappa shape index (κ3) is 3.26. The Bertz CT molecular complexity index is 481. The molecule has 1 aliphatic rings. The predicted molar refractivity (Wildman–Crippen MR) is 62.0 cm³/mol. The lowest BCUT2D eigenvalue weighted by atomic mass is 10.0. The summed E-state index contributed by atoms with van der Waals surface area (Å²) in [6.45, 7) is 1.77. The standard InChI is InChI=1S/C10H17N3O3S/c1-7(11)10-12-9(13-16-10)5-8-3-2-4-17(14,15)6-8/h7-8H,2-6,11H2,1H3. The van der Waals surface area contributed by atoms with Crippen molar-refractivity contribution in [2.24, 2.45) is 11.7 Å². The molecule has 96 valence electrons. The monoisotopic (exact) mass is 259 g/mol. The van der Waals surface area contributed by atoms with Crippen LogP contribution in [0.1, 0.15) is 37.5 Å². The van der Waals surface area contributed by atoms with Crippen LogP contribution >= 0.6 is 0 Å². The van der Waals surface area contributed by atoms with E-state index >= 15 is 0 Å². The number of nitrogens with two attached hydrogens (primary N) is 1. The van der Waals surface area contributed by atoms with Gasteiger partial charge in [0, 0.05) is 6.42 Å². The van der Waals surface area contributed by atoms with Gasteiger partial charge in [-0.1, -0.05) is 5.16 Å². The first kappa shape index (κ1) is 12.5. The Morgan fingerprint density at radius 3 is 2.94 bits per heavy atom. The minimum absolute atomic E-state index is 0.104. The van der Waals surface area contributed by atoms with Crippen molar-refractivity contribution < 1.29 is 12.9 Å². The SMILES string of the molecule is CC(N)c1nc(CC2CCCS(=O)(=O)C2)no1. The van der Waals surface area contributed by atoms with Gasteiger partial charge in [0.2, 0.25) is 5.89 Å². The molecule has 1 aromatic heterocycles. The van der Waals surface area contributed by atoms with E-state index in [0.29, 0.717) is 23.9 Å². The summed E-state index contributed by atoms with van der Waals surface area (Å²) in [5, 5.41) is 3.82. The molecule has 17 heavy (non-hydrogen) atoms. The van der Waals surface area contributed by atoms with E-state index in [1.165, 1.54) is 0 Å². The highest BCUT2D eigenvalue weighted by Crippen LogP contribution is 2.21. The lowest BCUT2D eigenvalue weighted by Gasteiger charge is -2.20. The minimum Gasteiger partial charge on any atom is -0.338 e. The van der Waals surface area contributed by atoms with Crippen molar-refractivity contribution in [3.8, 4) is 0 Å². The lowest BCUT2D eigenvalue weighted by Crippen LogP contribution is -2.26. The van der Waals surface area contributed by atoms with Crippen molar-refractivity contribution in [3.05, 3.63) is 11.7 Å². The predicted octanol–water partition coefficient (Wildman–Crippen LogP) is 0.457. The quantitative estimate of drug-likeness (QED) is 0.846. The van der Waals surface area contributed by atoms with Gasteiger partial charge >= 0.3 is 0 Å². The molecule has 1 saturated heterocycles. The molecule has 6 nitrogen and oxygen atoms in total. The van der Waals surface area contributed by atoms with E-state index in [0.717, 1.165) is 12.8 Å². The molecular weight excluding hydrogens is 242 g/mol. The Kier molecular flexibility index (Phi) is 3.48. The molecular formula is C10H17N3O3S. The van der Waals surface area contributed by atoms with Crippen LogP contribution in [0.2, 0.25) is 0 Å². The molecule has 1 aromatic rings. The van der Waals surface area contributed by atoms with E-state index in [2.05, 4.69) is 10.1 Å². The maximum atomic E-state index is 11.5. The zero-order chi connectivity index (χ0) is 12.5. The average molecular weight is 259 g/mol. The lowest BCUT2D eigenvalue weighted by molar-refractivity contribution is 0.353. The summed E-state index contributed by atoms with van der Waals surface area (Å²) >= 11 is 0. The maximum absolute atomic E-state index is 11.5. The summed E-state index contributed by atoms with van der Waals surface area (Å²) in [4.78, 5) is 4.15. The Balaban J connectivity index is 2.00. The summed E-state index contributed by atoms with van der Waals surface area (Å²) in [6.07, 6.45) is 2.18. The van der Waals surface area contributed by atoms with Crippen molar-refractivity contribution in [2.75, 3.05) is 11.5 Å². The molecule has 2 atom stereocenters. The third-order valence-corrected chi connectivity index (χ3v) is 4.79.